The third-order valence-corrected chi connectivity index (χ3v) is 4.31. The molecule has 0 aliphatic carbocycles. The van der Waals surface area contributed by atoms with E-state index in [4.69, 9.17) is 10.8 Å². The van der Waals surface area contributed by atoms with Crippen LogP contribution < -0.4 is 11.1 Å². The van der Waals surface area contributed by atoms with Crippen LogP contribution in [0.4, 0.5) is 5.69 Å². The molecule has 29 heavy (non-hydrogen) atoms. The van der Waals surface area contributed by atoms with Gasteiger partial charge in [-0.25, -0.2) is 0 Å². The van der Waals surface area contributed by atoms with Crippen LogP contribution in [0, 0.1) is 0 Å². The number of aromatic nitrogens is 2. The fourth-order valence-corrected chi connectivity index (χ4v) is 2.98. The average Bonchev–Trinajstić information content (AvgIpc) is 3.04. The van der Waals surface area contributed by atoms with Gasteiger partial charge in [0.15, 0.2) is 0 Å². The number of nitrogens with zero attached hydrogens (tertiary/aromatic N) is 3. The SMILES string of the molecule is CN=C/C(=C\N)C(=O)Nc1ccc(Cn2nc(CC(=O)O)c3ccccc32)cc1. The van der Waals surface area contributed by atoms with Crippen LogP contribution in [0.5, 0.6) is 0 Å². The first-order valence-corrected chi connectivity index (χ1v) is 8.92. The van der Waals surface area contributed by atoms with Crippen LogP contribution in [0.1, 0.15) is 11.3 Å². The van der Waals surface area contributed by atoms with Crippen LogP contribution in [0.2, 0.25) is 0 Å². The molecule has 8 nitrogen and oxygen atoms in total. The molecule has 0 aliphatic heterocycles. The molecule has 1 heterocycles. The van der Waals surface area contributed by atoms with E-state index in [2.05, 4.69) is 15.4 Å². The van der Waals surface area contributed by atoms with E-state index in [1.54, 1.807) is 23.9 Å². The van der Waals surface area contributed by atoms with Crippen molar-refractivity contribution in [3.63, 3.8) is 0 Å². The number of carboxylic acids is 1. The van der Waals surface area contributed by atoms with Crippen LogP contribution in [0.15, 0.2) is 65.3 Å². The predicted octanol–water partition coefficient (Wildman–Crippen LogP) is 2.19. The minimum absolute atomic E-state index is 0.128. The Morgan fingerprint density at radius 1 is 1.21 bits per heavy atom. The number of para-hydroxylation sites is 1. The first kappa shape index (κ1) is 19.8. The molecule has 0 aliphatic rings. The number of amides is 1. The molecule has 1 amide bonds. The maximum Gasteiger partial charge on any atom is 0.309 e. The lowest BCUT2D eigenvalue weighted by molar-refractivity contribution is -0.136. The molecule has 8 heteroatoms. The number of aliphatic imine (C=N–C) groups is 1. The van der Waals surface area contributed by atoms with Crippen molar-refractivity contribution in [2.24, 2.45) is 10.7 Å². The number of nitrogens with one attached hydrogen (secondary N) is 1. The van der Waals surface area contributed by atoms with Crippen molar-refractivity contribution in [1.82, 2.24) is 9.78 Å². The average molecular weight is 391 g/mol. The van der Waals surface area contributed by atoms with Crippen molar-refractivity contribution in [1.29, 1.82) is 0 Å². The van der Waals surface area contributed by atoms with Gasteiger partial charge in [-0.05, 0) is 23.8 Å². The van der Waals surface area contributed by atoms with E-state index in [9.17, 15) is 9.59 Å². The number of aliphatic carboxylic acids is 1. The molecule has 0 saturated carbocycles. The van der Waals surface area contributed by atoms with Gasteiger partial charge in [0.1, 0.15) is 0 Å². The second-order valence-corrected chi connectivity index (χ2v) is 6.35. The number of carboxylic acid groups (broad SMARTS) is 1. The zero-order chi connectivity index (χ0) is 20.8. The Morgan fingerprint density at radius 2 is 1.93 bits per heavy atom. The number of carbonyl (C=O) groups excluding carboxylic acids is 1. The molecule has 1 aromatic heterocycles. The lowest BCUT2D eigenvalue weighted by atomic mass is 10.1. The molecule has 3 rings (SSSR count). The number of fused-ring (bicyclic) bond motifs is 1. The van der Waals surface area contributed by atoms with Crippen LogP contribution in [-0.2, 0) is 22.6 Å². The van der Waals surface area contributed by atoms with Gasteiger partial charge < -0.3 is 16.2 Å². The van der Waals surface area contributed by atoms with E-state index < -0.39 is 5.97 Å². The molecule has 3 aromatic rings. The molecular weight excluding hydrogens is 370 g/mol. The van der Waals surface area contributed by atoms with Gasteiger partial charge >= 0.3 is 5.97 Å². The topological polar surface area (TPSA) is 123 Å². The zero-order valence-corrected chi connectivity index (χ0v) is 15.9. The minimum atomic E-state index is -0.917. The third kappa shape index (κ3) is 4.67. The molecule has 2 aromatic carbocycles. The highest BCUT2D eigenvalue weighted by Gasteiger charge is 2.13. The number of hydrogen-bond acceptors (Lipinski definition) is 5. The second kappa shape index (κ2) is 8.83. The Bertz CT molecular complexity index is 1100. The largest absolute Gasteiger partial charge is 0.481 e. The van der Waals surface area contributed by atoms with Crippen LogP contribution in [0.3, 0.4) is 0 Å². The second-order valence-electron chi connectivity index (χ2n) is 6.35. The molecule has 148 valence electrons. The van der Waals surface area contributed by atoms with Gasteiger partial charge in [0.2, 0.25) is 0 Å². The van der Waals surface area contributed by atoms with Crippen molar-refractivity contribution in [2.75, 3.05) is 12.4 Å². The van der Waals surface area contributed by atoms with Crippen LogP contribution in [0.25, 0.3) is 10.9 Å². The summed E-state index contributed by atoms with van der Waals surface area (Å²) in [4.78, 5) is 27.0. The highest BCUT2D eigenvalue weighted by Crippen LogP contribution is 2.20. The smallest absolute Gasteiger partial charge is 0.309 e. The monoisotopic (exact) mass is 391 g/mol. The van der Waals surface area contributed by atoms with Gasteiger partial charge in [0.25, 0.3) is 5.91 Å². The number of hydrogen-bond donors (Lipinski definition) is 3. The number of benzene rings is 2. The Hall–Kier alpha value is -3.94. The van der Waals surface area contributed by atoms with E-state index >= 15 is 0 Å². The van der Waals surface area contributed by atoms with Gasteiger partial charge in [-0.1, -0.05) is 30.3 Å². The van der Waals surface area contributed by atoms with Gasteiger partial charge in [0.05, 0.1) is 29.7 Å². The molecule has 0 saturated heterocycles. The lowest BCUT2D eigenvalue weighted by Crippen LogP contribution is -2.16. The van der Waals surface area contributed by atoms with Crippen LogP contribution in [-0.4, -0.2) is 40.0 Å². The normalized spacial score (nSPS) is 11.8. The maximum absolute atomic E-state index is 12.1. The van der Waals surface area contributed by atoms with Gasteiger partial charge in [-0.15, -0.1) is 0 Å². The number of carbonyl (C=O) groups is 2. The van der Waals surface area contributed by atoms with E-state index in [-0.39, 0.29) is 17.9 Å². The Labute approximate surface area is 167 Å². The summed E-state index contributed by atoms with van der Waals surface area (Å²) in [7, 11) is 1.56. The van der Waals surface area contributed by atoms with E-state index in [0.29, 0.717) is 17.9 Å². The molecule has 0 fully saturated rings. The summed E-state index contributed by atoms with van der Waals surface area (Å²) in [6, 6.07) is 14.9. The summed E-state index contributed by atoms with van der Waals surface area (Å²) in [6.45, 7) is 0.477. The summed E-state index contributed by atoms with van der Waals surface area (Å²) in [5, 5.41) is 17.2. The quantitative estimate of drug-likeness (QED) is 0.421. The molecule has 0 bridgehead atoms. The summed E-state index contributed by atoms with van der Waals surface area (Å²) in [5.41, 5.74) is 8.71. The molecule has 0 spiro atoms. The summed E-state index contributed by atoms with van der Waals surface area (Å²) >= 11 is 0. The van der Waals surface area contributed by atoms with Crippen molar-refractivity contribution >= 4 is 34.7 Å². The lowest BCUT2D eigenvalue weighted by Gasteiger charge is -2.08. The first-order chi connectivity index (χ1) is 14.0. The maximum atomic E-state index is 12.1. The molecule has 0 radical (unpaired) electrons. The van der Waals surface area contributed by atoms with E-state index in [1.807, 2.05) is 36.4 Å². The fraction of sp³-hybridized carbons (Fsp3) is 0.143. The van der Waals surface area contributed by atoms with Crippen molar-refractivity contribution in [3.8, 4) is 0 Å². The number of anilines is 1. The highest BCUT2D eigenvalue weighted by molar-refractivity contribution is 6.17. The third-order valence-electron chi connectivity index (χ3n) is 4.31. The minimum Gasteiger partial charge on any atom is -0.481 e. The summed E-state index contributed by atoms with van der Waals surface area (Å²) < 4.78 is 1.79. The van der Waals surface area contributed by atoms with Crippen molar-refractivity contribution in [3.05, 3.63) is 71.6 Å². The number of nitrogens with two attached hydrogens (primary N) is 1. The predicted molar refractivity (Wildman–Crippen MR) is 112 cm³/mol. The molecule has 4 N–H and O–H groups in total. The Balaban J connectivity index is 1.78. The Kier molecular flexibility index (Phi) is 6.03. The van der Waals surface area contributed by atoms with Crippen molar-refractivity contribution < 1.29 is 14.7 Å². The van der Waals surface area contributed by atoms with Gasteiger partial charge in [-0.3, -0.25) is 19.3 Å². The molecular formula is C21H21N5O3. The zero-order valence-electron chi connectivity index (χ0n) is 15.9. The summed E-state index contributed by atoms with van der Waals surface area (Å²) in [6.07, 6.45) is 2.46. The Morgan fingerprint density at radius 3 is 2.59 bits per heavy atom. The standard InChI is InChI=1S/C21H21N5O3/c1-23-12-15(11-22)21(29)24-16-8-6-14(7-9-16)13-26-19-5-3-2-4-17(19)18(25-26)10-20(27)28/h2-9,11-12H,10,13,22H2,1H3,(H,24,29)(H,27,28)/b15-11+,23-12?. The van der Waals surface area contributed by atoms with Gasteiger partial charge in [0, 0.05) is 30.5 Å². The fourth-order valence-electron chi connectivity index (χ4n) is 2.98. The van der Waals surface area contributed by atoms with Gasteiger partial charge in [-0.2, -0.15) is 5.10 Å². The van der Waals surface area contributed by atoms with E-state index in [0.717, 1.165) is 16.5 Å². The number of rotatable bonds is 7. The summed E-state index contributed by atoms with van der Waals surface area (Å²) in [5.74, 6) is -1.26. The van der Waals surface area contributed by atoms with Crippen LogP contribution >= 0.6 is 0 Å². The molecule has 0 atom stereocenters. The molecule has 0 unspecified atom stereocenters. The van der Waals surface area contributed by atoms with Crippen molar-refractivity contribution in [2.45, 2.75) is 13.0 Å². The highest BCUT2D eigenvalue weighted by atomic mass is 16.4. The first-order valence-electron chi connectivity index (χ1n) is 8.92. The van der Waals surface area contributed by atoms with E-state index in [1.165, 1.54) is 12.4 Å².